The van der Waals surface area contributed by atoms with Crippen molar-refractivity contribution < 1.29 is 0 Å². The van der Waals surface area contributed by atoms with Crippen LogP contribution in [0.3, 0.4) is 0 Å². The monoisotopic (exact) mass is 187 g/mol. The Hall–Kier alpha value is -0.120. The van der Waals surface area contributed by atoms with E-state index in [0.717, 1.165) is 6.42 Å². The summed E-state index contributed by atoms with van der Waals surface area (Å²) in [6.07, 6.45) is 2.35. The van der Waals surface area contributed by atoms with Gasteiger partial charge in [-0.1, -0.05) is 13.3 Å². The number of nitrogens with one attached hydrogen (secondary N) is 1. The molecule has 0 spiro atoms. The lowest BCUT2D eigenvalue weighted by Crippen LogP contribution is -2.53. The number of hydrogen-bond donors (Lipinski definition) is 2. The van der Waals surface area contributed by atoms with Crippen LogP contribution in [0.4, 0.5) is 0 Å². The van der Waals surface area contributed by atoms with Gasteiger partial charge in [-0.3, -0.25) is 5.84 Å². The minimum Gasteiger partial charge on any atom is -0.316 e. The fraction of sp³-hybridized carbons (Fsp3) is 1.00. The van der Waals surface area contributed by atoms with E-state index in [-0.39, 0.29) is 0 Å². The van der Waals surface area contributed by atoms with Crippen LogP contribution in [-0.2, 0) is 0 Å². The van der Waals surface area contributed by atoms with Crippen LogP contribution in [0, 0.1) is 0 Å². The number of rotatable bonds is 6. The van der Waals surface area contributed by atoms with Gasteiger partial charge in [0.05, 0.1) is 0 Å². The highest BCUT2D eigenvalue weighted by molar-refractivity contribution is 4.76. The summed E-state index contributed by atoms with van der Waals surface area (Å²) in [6, 6.07) is 1.28. The van der Waals surface area contributed by atoms with Crippen LogP contribution in [0.25, 0.3) is 0 Å². The molecule has 0 aliphatic heterocycles. The first-order valence-corrected chi connectivity index (χ1v) is 5.24. The number of hydrogen-bond acceptors (Lipinski definition) is 3. The summed E-state index contributed by atoms with van der Waals surface area (Å²) in [5.74, 6) is 6.02. The van der Waals surface area contributed by atoms with E-state index in [1.165, 1.54) is 6.42 Å². The number of nitrogens with zero attached hydrogens (tertiary/aromatic N) is 1. The predicted molar refractivity (Wildman–Crippen MR) is 58.4 cm³/mol. The normalized spacial score (nSPS) is 18.7. The topological polar surface area (TPSA) is 41.3 Å². The van der Waals surface area contributed by atoms with Gasteiger partial charge in [-0.15, -0.1) is 0 Å². The van der Waals surface area contributed by atoms with Gasteiger partial charge in [0.1, 0.15) is 0 Å². The van der Waals surface area contributed by atoms with E-state index in [1.807, 2.05) is 12.1 Å². The molecule has 0 saturated heterocycles. The van der Waals surface area contributed by atoms with Crippen molar-refractivity contribution in [3.63, 3.8) is 0 Å². The van der Waals surface area contributed by atoms with E-state index >= 15 is 0 Å². The fourth-order valence-corrected chi connectivity index (χ4v) is 1.47. The average molecular weight is 187 g/mol. The van der Waals surface area contributed by atoms with Gasteiger partial charge in [-0.05, 0) is 34.2 Å². The van der Waals surface area contributed by atoms with Gasteiger partial charge >= 0.3 is 0 Å². The number of nitrogens with two attached hydrogens (primary N) is 1. The summed E-state index contributed by atoms with van der Waals surface area (Å²) in [4.78, 5) is 0. The number of likely N-dealkylation sites (N-methyl/N-ethyl adjacent to an activating group) is 1. The largest absolute Gasteiger partial charge is 0.316 e. The maximum Gasteiger partial charge on any atom is 0.0366 e. The first-order chi connectivity index (χ1) is 6.04. The van der Waals surface area contributed by atoms with E-state index in [4.69, 9.17) is 5.84 Å². The Morgan fingerprint density at radius 1 is 1.31 bits per heavy atom. The molecule has 0 amide bonds. The molecule has 80 valence electrons. The first kappa shape index (κ1) is 12.9. The van der Waals surface area contributed by atoms with Gasteiger partial charge in [0.15, 0.2) is 0 Å². The molecule has 0 saturated carbocycles. The van der Waals surface area contributed by atoms with Crippen molar-refractivity contribution in [1.29, 1.82) is 0 Å². The zero-order valence-corrected chi connectivity index (χ0v) is 9.67. The summed E-state index contributed by atoms with van der Waals surface area (Å²) in [5, 5.41) is 5.18. The Labute approximate surface area is 82.6 Å². The van der Waals surface area contributed by atoms with Crippen LogP contribution in [0.5, 0.6) is 0 Å². The molecule has 0 aliphatic carbocycles. The maximum absolute atomic E-state index is 6.02. The van der Waals surface area contributed by atoms with Crippen molar-refractivity contribution in [2.75, 3.05) is 7.05 Å². The van der Waals surface area contributed by atoms with Crippen molar-refractivity contribution >= 4 is 0 Å². The Kier molecular flexibility index (Phi) is 6.29. The lowest BCUT2D eigenvalue weighted by atomic mass is 10.1. The Morgan fingerprint density at radius 3 is 2.23 bits per heavy atom. The smallest absolute Gasteiger partial charge is 0.0366 e. The highest BCUT2D eigenvalue weighted by Gasteiger charge is 2.19. The first-order valence-electron chi connectivity index (χ1n) is 5.24. The third kappa shape index (κ3) is 4.07. The zero-order valence-electron chi connectivity index (χ0n) is 9.67. The highest BCUT2D eigenvalue weighted by Crippen LogP contribution is 2.08. The summed E-state index contributed by atoms with van der Waals surface area (Å²) in [5.41, 5.74) is 0. The maximum atomic E-state index is 6.02. The van der Waals surface area contributed by atoms with Crippen LogP contribution in [-0.4, -0.2) is 30.2 Å². The third-order valence-electron chi connectivity index (χ3n) is 2.86. The lowest BCUT2D eigenvalue weighted by molar-refractivity contribution is 0.125. The molecule has 3 unspecified atom stereocenters. The molecule has 3 atom stereocenters. The van der Waals surface area contributed by atoms with Crippen LogP contribution in [0.2, 0.25) is 0 Å². The van der Waals surface area contributed by atoms with E-state index < -0.39 is 0 Å². The third-order valence-corrected chi connectivity index (χ3v) is 2.86. The highest BCUT2D eigenvalue weighted by atomic mass is 15.4. The second-order valence-corrected chi connectivity index (χ2v) is 3.90. The predicted octanol–water partition coefficient (Wildman–Crippen LogP) is 1.35. The van der Waals surface area contributed by atoms with Gasteiger partial charge in [0.2, 0.25) is 0 Å². The van der Waals surface area contributed by atoms with E-state index in [0.29, 0.717) is 18.1 Å². The van der Waals surface area contributed by atoms with Gasteiger partial charge in [0, 0.05) is 18.1 Å². The van der Waals surface area contributed by atoms with Crippen LogP contribution in [0.15, 0.2) is 0 Å². The Bertz CT molecular complexity index is 127. The minimum atomic E-state index is 0.381. The standard InChI is InChI=1S/C10H25N3/c1-6-7-8(2)13(11)10(4)9(3)12-5/h8-10,12H,6-7,11H2,1-5H3. The molecule has 0 heterocycles. The van der Waals surface area contributed by atoms with Crippen molar-refractivity contribution in [2.45, 2.75) is 58.7 Å². The van der Waals surface area contributed by atoms with Crippen LogP contribution < -0.4 is 11.2 Å². The minimum absolute atomic E-state index is 0.381. The summed E-state index contributed by atoms with van der Waals surface area (Å²) in [7, 11) is 1.97. The fourth-order valence-electron chi connectivity index (χ4n) is 1.47. The Morgan fingerprint density at radius 2 is 1.85 bits per heavy atom. The summed E-state index contributed by atoms with van der Waals surface area (Å²) < 4.78 is 0. The summed E-state index contributed by atoms with van der Waals surface area (Å²) in [6.45, 7) is 8.69. The lowest BCUT2D eigenvalue weighted by Gasteiger charge is -2.33. The molecule has 13 heavy (non-hydrogen) atoms. The van der Waals surface area contributed by atoms with Crippen molar-refractivity contribution in [3.05, 3.63) is 0 Å². The van der Waals surface area contributed by atoms with Crippen molar-refractivity contribution in [2.24, 2.45) is 5.84 Å². The second-order valence-electron chi connectivity index (χ2n) is 3.90. The number of hydrazine groups is 1. The molecular formula is C10H25N3. The molecule has 0 aromatic carbocycles. The quantitative estimate of drug-likeness (QED) is 0.487. The van der Waals surface area contributed by atoms with Gasteiger partial charge in [0.25, 0.3) is 0 Å². The van der Waals surface area contributed by atoms with Crippen LogP contribution in [0.1, 0.15) is 40.5 Å². The van der Waals surface area contributed by atoms with E-state index in [1.54, 1.807) is 0 Å². The van der Waals surface area contributed by atoms with E-state index in [2.05, 4.69) is 33.0 Å². The molecule has 0 aromatic rings. The van der Waals surface area contributed by atoms with Crippen molar-refractivity contribution in [1.82, 2.24) is 10.3 Å². The Balaban J connectivity index is 3.99. The van der Waals surface area contributed by atoms with Gasteiger partial charge < -0.3 is 5.32 Å². The van der Waals surface area contributed by atoms with Gasteiger partial charge in [-0.2, -0.15) is 0 Å². The van der Waals surface area contributed by atoms with Crippen molar-refractivity contribution in [3.8, 4) is 0 Å². The molecule has 0 aromatic heterocycles. The molecule has 0 aliphatic rings. The second kappa shape index (κ2) is 6.35. The molecule has 3 N–H and O–H groups in total. The summed E-state index contributed by atoms with van der Waals surface area (Å²) >= 11 is 0. The molecule has 3 heteroatoms. The molecule has 3 nitrogen and oxygen atoms in total. The average Bonchev–Trinajstić information content (AvgIpc) is 2.14. The van der Waals surface area contributed by atoms with Crippen LogP contribution >= 0.6 is 0 Å². The van der Waals surface area contributed by atoms with Gasteiger partial charge in [-0.25, -0.2) is 5.01 Å². The van der Waals surface area contributed by atoms with E-state index in [9.17, 15) is 0 Å². The SMILES string of the molecule is CCCC(C)N(N)C(C)C(C)NC. The zero-order chi connectivity index (χ0) is 10.4. The molecule has 0 rings (SSSR count). The molecule has 0 bridgehead atoms. The molecular weight excluding hydrogens is 162 g/mol. The molecule has 0 radical (unpaired) electrons. The molecule has 0 fully saturated rings.